The first-order chi connectivity index (χ1) is 6.67. The minimum atomic E-state index is -0.449. The zero-order valence-corrected chi connectivity index (χ0v) is 9.13. The molecule has 14 heavy (non-hydrogen) atoms. The molecule has 2 aliphatic rings. The molecule has 2 atom stereocenters. The molecule has 3 nitrogen and oxygen atoms in total. The molecule has 0 aromatic heterocycles. The van der Waals surface area contributed by atoms with Crippen LogP contribution in [0.25, 0.3) is 0 Å². The first-order valence-corrected chi connectivity index (χ1v) is 5.84. The van der Waals surface area contributed by atoms with Gasteiger partial charge in [-0.15, -0.1) is 0 Å². The Balaban J connectivity index is 1.89. The summed E-state index contributed by atoms with van der Waals surface area (Å²) in [6.45, 7) is 6.27. The van der Waals surface area contributed by atoms with E-state index in [-0.39, 0.29) is 0 Å². The summed E-state index contributed by atoms with van der Waals surface area (Å²) < 4.78 is 0. The highest BCUT2D eigenvalue weighted by Gasteiger charge is 2.32. The molecule has 2 rings (SSSR count). The lowest BCUT2D eigenvalue weighted by molar-refractivity contribution is -0.0329. The molecular weight excluding hydrogens is 176 g/mol. The van der Waals surface area contributed by atoms with Gasteiger partial charge in [0.15, 0.2) is 0 Å². The zero-order chi connectivity index (χ0) is 10.0. The van der Waals surface area contributed by atoms with Gasteiger partial charge in [-0.05, 0) is 45.7 Å². The molecule has 0 bridgehead atoms. The Morgan fingerprint density at radius 3 is 2.93 bits per heavy atom. The molecule has 2 unspecified atom stereocenters. The van der Waals surface area contributed by atoms with E-state index in [1.807, 2.05) is 6.92 Å². The predicted octanol–water partition coefficient (Wildman–Crippen LogP) is 0.585. The maximum absolute atomic E-state index is 10.0. The lowest BCUT2D eigenvalue weighted by Crippen LogP contribution is -2.54. The van der Waals surface area contributed by atoms with Crippen LogP contribution in [0.3, 0.4) is 0 Å². The average molecular weight is 198 g/mol. The molecule has 2 fully saturated rings. The fraction of sp³-hybridized carbons (Fsp3) is 1.00. The highest BCUT2D eigenvalue weighted by atomic mass is 16.3. The quantitative estimate of drug-likeness (QED) is 0.647. The Hall–Kier alpha value is -0.120. The molecule has 0 aliphatic carbocycles. The monoisotopic (exact) mass is 198 g/mol. The fourth-order valence-corrected chi connectivity index (χ4v) is 2.72. The molecule has 0 aromatic carbocycles. The van der Waals surface area contributed by atoms with Crippen molar-refractivity contribution in [1.29, 1.82) is 0 Å². The molecule has 2 aliphatic heterocycles. The third kappa shape index (κ3) is 2.47. The van der Waals surface area contributed by atoms with E-state index in [1.165, 1.54) is 25.9 Å². The van der Waals surface area contributed by atoms with Crippen LogP contribution < -0.4 is 5.32 Å². The number of piperidine rings is 2. The van der Waals surface area contributed by atoms with Crippen LogP contribution in [-0.2, 0) is 0 Å². The third-order valence-corrected chi connectivity index (χ3v) is 3.49. The number of nitrogens with zero attached hydrogens (tertiary/aromatic N) is 1. The zero-order valence-electron chi connectivity index (χ0n) is 9.13. The third-order valence-electron chi connectivity index (χ3n) is 3.49. The van der Waals surface area contributed by atoms with Crippen molar-refractivity contribution in [3.63, 3.8) is 0 Å². The van der Waals surface area contributed by atoms with Crippen molar-refractivity contribution in [3.8, 4) is 0 Å². The van der Waals surface area contributed by atoms with Crippen molar-refractivity contribution in [2.24, 2.45) is 0 Å². The van der Waals surface area contributed by atoms with Crippen molar-refractivity contribution >= 4 is 0 Å². The van der Waals surface area contributed by atoms with Gasteiger partial charge in [-0.3, -0.25) is 4.90 Å². The van der Waals surface area contributed by atoms with E-state index in [4.69, 9.17) is 0 Å². The van der Waals surface area contributed by atoms with Crippen molar-refractivity contribution in [1.82, 2.24) is 10.2 Å². The predicted molar refractivity (Wildman–Crippen MR) is 57.3 cm³/mol. The molecule has 0 saturated carbocycles. The molecule has 2 saturated heterocycles. The summed E-state index contributed by atoms with van der Waals surface area (Å²) in [6, 6.07) is 0.663. The van der Waals surface area contributed by atoms with Crippen LogP contribution in [0.15, 0.2) is 0 Å². The van der Waals surface area contributed by atoms with Crippen molar-refractivity contribution < 1.29 is 5.11 Å². The Kier molecular flexibility index (Phi) is 3.10. The van der Waals surface area contributed by atoms with Gasteiger partial charge in [-0.2, -0.15) is 0 Å². The number of rotatable bonds is 1. The van der Waals surface area contributed by atoms with E-state index in [2.05, 4.69) is 10.2 Å². The highest BCUT2D eigenvalue weighted by molar-refractivity contribution is 4.88. The van der Waals surface area contributed by atoms with Crippen LogP contribution in [0.1, 0.15) is 32.6 Å². The number of nitrogens with one attached hydrogen (secondary N) is 1. The molecule has 0 aromatic rings. The first-order valence-electron chi connectivity index (χ1n) is 5.84. The van der Waals surface area contributed by atoms with Crippen molar-refractivity contribution in [2.45, 2.75) is 44.2 Å². The lowest BCUT2D eigenvalue weighted by Gasteiger charge is -2.42. The largest absolute Gasteiger partial charge is 0.389 e. The summed E-state index contributed by atoms with van der Waals surface area (Å²) in [4.78, 5) is 2.47. The Morgan fingerprint density at radius 1 is 1.43 bits per heavy atom. The van der Waals surface area contributed by atoms with Gasteiger partial charge in [-0.25, -0.2) is 0 Å². The molecule has 0 amide bonds. The fourth-order valence-electron chi connectivity index (χ4n) is 2.72. The molecule has 2 heterocycles. The van der Waals surface area contributed by atoms with Gasteiger partial charge < -0.3 is 10.4 Å². The Bertz CT molecular complexity index is 188. The number of hydrogen-bond acceptors (Lipinski definition) is 3. The maximum Gasteiger partial charge on any atom is 0.0746 e. The van der Waals surface area contributed by atoms with Crippen LogP contribution in [0.5, 0.6) is 0 Å². The summed E-state index contributed by atoms with van der Waals surface area (Å²) in [6.07, 6.45) is 4.68. The van der Waals surface area contributed by atoms with E-state index in [0.29, 0.717) is 6.04 Å². The highest BCUT2D eigenvalue weighted by Crippen LogP contribution is 2.23. The topological polar surface area (TPSA) is 35.5 Å². The molecule has 3 heteroatoms. The standard InChI is InChI=1S/C11H22N2O/c1-11(14)5-3-7-13(9-11)10-4-2-6-12-8-10/h10,12,14H,2-9H2,1H3. The molecular formula is C11H22N2O. The molecule has 82 valence electrons. The van der Waals surface area contributed by atoms with Crippen LogP contribution in [-0.4, -0.2) is 47.8 Å². The van der Waals surface area contributed by atoms with E-state index >= 15 is 0 Å². The van der Waals surface area contributed by atoms with Crippen LogP contribution in [0.2, 0.25) is 0 Å². The minimum Gasteiger partial charge on any atom is -0.389 e. The Labute approximate surface area is 86.5 Å². The lowest BCUT2D eigenvalue weighted by atomic mass is 9.92. The summed E-state index contributed by atoms with van der Waals surface area (Å²) in [5, 5.41) is 13.4. The second kappa shape index (κ2) is 4.17. The SMILES string of the molecule is CC1(O)CCCN(C2CCCNC2)C1. The van der Waals surface area contributed by atoms with Gasteiger partial charge in [0.25, 0.3) is 0 Å². The summed E-state index contributed by atoms with van der Waals surface area (Å²) >= 11 is 0. The Morgan fingerprint density at radius 2 is 2.29 bits per heavy atom. The number of β-amino-alcohol motifs (C(OH)–C–C–N with tert-alkyl or cyclic N) is 1. The van der Waals surface area contributed by atoms with Crippen LogP contribution >= 0.6 is 0 Å². The van der Waals surface area contributed by atoms with Gasteiger partial charge in [0.1, 0.15) is 0 Å². The van der Waals surface area contributed by atoms with Crippen molar-refractivity contribution in [3.05, 3.63) is 0 Å². The summed E-state index contributed by atoms with van der Waals surface area (Å²) in [5.41, 5.74) is -0.449. The van der Waals surface area contributed by atoms with E-state index in [0.717, 1.165) is 25.9 Å². The first kappa shape index (κ1) is 10.4. The second-order valence-corrected chi connectivity index (χ2v) is 5.07. The maximum atomic E-state index is 10.0. The van der Waals surface area contributed by atoms with Crippen molar-refractivity contribution in [2.75, 3.05) is 26.2 Å². The second-order valence-electron chi connectivity index (χ2n) is 5.07. The molecule has 2 N–H and O–H groups in total. The van der Waals surface area contributed by atoms with Gasteiger partial charge in [0.2, 0.25) is 0 Å². The number of aliphatic hydroxyl groups is 1. The van der Waals surface area contributed by atoms with E-state index in [1.54, 1.807) is 0 Å². The summed E-state index contributed by atoms with van der Waals surface area (Å²) in [7, 11) is 0. The van der Waals surface area contributed by atoms with Gasteiger partial charge in [0, 0.05) is 19.1 Å². The van der Waals surface area contributed by atoms with Gasteiger partial charge in [0.05, 0.1) is 5.60 Å². The van der Waals surface area contributed by atoms with Crippen LogP contribution in [0.4, 0.5) is 0 Å². The van der Waals surface area contributed by atoms with Gasteiger partial charge in [-0.1, -0.05) is 0 Å². The number of hydrogen-bond donors (Lipinski definition) is 2. The van der Waals surface area contributed by atoms with Gasteiger partial charge >= 0.3 is 0 Å². The molecule has 0 spiro atoms. The summed E-state index contributed by atoms with van der Waals surface area (Å²) in [5.74, 6) is 0. The smallest absolute Gasteiger partial charge is 0.0746 e. The normalized spacial score (nSPS) is 41.1. The van der Waals surface area contributed by atoms with E-state index < -0.39 is 5.60 Å². The van der Waals surface area contributed by atoms with E-state index in [9.17, 15) is 5.11 Å². The molecule has 0 radical (unpaired) electrons. The minimum absolute atomic E-state index is 0.449. The number of likely N-dealkylation sites (tertiary alicyclic amines) is 1. The van der Waals surface area contributed by atoms with Crippen LogP contribution in [0, 0.1) is 0 Å². The average Bonchev–Trinajstić information content (AvgIpc) is 2.18.